The summed E-state index contributed by atoms with van der Waals surface area (Å²) >= 11 is 0. The predicted octanol–water partition coefficient (Wildman–Crippen LogP) is 2.70. The van der Waals surface area contributed by atoms with E-state index in [4.69, 9.17) is 14.7 Å². The van der Waals surface area contributed by atoms with Crippen LogP contribution in [0.5, 0.6) is 11.5 Å². The SMILES string of the molecule is O=C(NCCOc1ccc(S(=O)(=O)C2(C(=O)NO)CCOCC2)cc1)c1ccc(-c2ccc(O)cc2)cc1. The third-order valence-corrected chi connectivity index (χ3v) is 8.98. The fourth-order valence-electron chi connectivity index (χ4n) is 4.26. The van der Waals surface area contributed by atoms with Gasteiger partial charge in [-0.1, -0.05) is 24.3 Å². The molecule has 2 amide bonds. The maximum Gasteiger partial charge on any atom is 0.265 e. The molecule has 1 saturated heterocycles. The van der Waals surface area contributed by atoms with E-state index < -0.39 is 20.5 Å². The lowest BCUT2D eigenvalue weighted by Gasteiger charge is -2.34. The van der Waals surface area contributed by atoms with Gasteiger partial charge in [-0.15, -0.1) is 0 Å². The average Bonchev–Trinajstić information content (AvgIpc) is 2.95. The van der Waals surface area contributed by atoms with Crippen LogP contribution in [0.25, 0.3) is 11.1 Å². The number of amides is 2. The minimum atomic E-state index is -4.12. The van der Waals surface area contributed by atoms with E-state index in [-0.39, 0.29) is 55.8 Å². The van der Waals surface area contributed by atoms with Crippen LogP contribution in [0.1, 0.15) is 23.2 Å². The number of benzene rings is 3. The largest absolute Gasteiger partial charge is 0.508 e. The fourth-order valence-corrected chi connectivity index (χ4v) is 6.20. The molecule has 0 aliphatic carbocycles. The van der Waals surface area contributed by atoms with Gasteiger partial charge in [-0.05, 0) is 72.5 Å². The molecule has 10 nitrogen and oxygen atoms in total. The molecule has 3 aromatic carbocycles. The lowest BCUT2D eigenvalue weighted by molar-refractivity contribution is -0.134. The number of phenols is 1. The molecule has 0 spiro atoms. The first kappa shape index (κ1) is 27.1. The number of hydrogen-bond donors (Lipinski definition) is 4. The van der Waals surface area contributed by atoms with E-state index >= 15 is 0 Å². The van der Waals surface area contributed by atoms with Gasteiger partial charge in [0.2, 0.25) is 0 Å². The summed E-state index contributed by atoms with van der Waals surface area (Å²) in [5.41, 5.74) is 3.80. The molecule has 1 fully saturated rings. The van der Waals surface area contributed by atoms with Crippen molar-refractivity contribution >= 4 is 21.7 Å². The van der Waals surface area contributed by atoms with Gasteiger partial charge in [0.25, 0.3) is 11.8 Å². The number of sulfone groups is 1. The van der Waals surface area contributed by atoms with Crippen LogP contribution in [0.4, 0.5) is 0 Å². The van der Waals surface area contributed by atoms with Crippen LogP contribution in [-0.2, 0) is 19.4 Å². The van der Waals surface area contributed by atoms with Crippen molar-refractivity contribution in [2.45, 2.75) is 22.5 Å². The number of rotatable bonds is 9. The molecule has 4 N–H and O–H groups in total. The highest BCUT2D eigenvalue weighted by Crippen LogP contribution is 2.35. The maximum absolute atomic E-state index is 13.3. The second-order valence-corrected chi connectivity index (χ2v) is 11.0. The molecule has 0 atom stereocenters. The number of hydroxylamine groups is 1. The number of nitrogens with one attached hydrogen (secondary N) is 2. The van der Waals surface area contributed by atoms with Gasteiger partial charge >= 0.3 is 0 Å². The molecule has 0 aromatic heterocycles. The average molecular weight is 541 g/mol. The molecule has 11 heteroatoms. The van der Waals surface area contributed by atoms with E-state index in [1.807, 2.05) is 12.1 Å². The third kappa shape index (κ3) is 5.64. The van der Waals surface area contributed by atoms with E-state index in [0.29, 0.717) is 11.3 Å². The molecule has 200 valence electrons. The lowest BCUT2D eigenvalue weighted by atomic mass is 9.98. The first-order valence-corrected chi connectivity index (χ1v) is 13.4. The highest BCUT2D eigenvalue weighted by Gasteiger charge is 2.52. The summed E-state index contributed by atoms with van der Waals surface area (Å²) in [7, 11) is -4.12. The highest BCUT2D eigenvalue weighted by molar-refractivity contribution is 7.93. The van der Waals surface area contributed by atoms with Crippen LogP contribution in [0.15, 0.2) is 77.7 Å². The normalized spacial score (nSPS) is 14.9. The summed E-state index contributed by atoms with van der Waals surface area (Å²) < 4.78 is 35.6. The van der Waals surface area contributed by atoms with Crippen LogP contribution < -0.4 is 15.5 Å². The van der Waals surface area contributed by atoms with E-state index in [2.05, 4.69) is 5.32 Å². The zero-order valence-electron chi connectivity index (χ0n) is 20.4. The summed E-state index contributed by atoms with van der Waals surface area (Å²) in [5, 5.41) is 21.3. The van der Waals surface area contributed by atoms with Gasteiger partial charge < -0.3 is 19.9 Å². The van der Waals surface area contributed by atoms with Crippen molar-refractivity contribution in [3.05, 3.63) is 78.4 Å². The van der Waals surface area contributed by atoms with Crippen molar-refractivity contribution in [2.75, 3.05) is 26.4 Å². The summed E-state index contributed by atoms with van der Waals surface area (Å²) in [6, 6.07) is 19.5. The van der Waals surface area contributed by atoms with E-state index in [0.717, 1.165) is 11.1 Å². The van der Waals surface area contributed by atoms with Crippen molar-refractivity contribution in [3.8, 4) is 22.6 Å². The number of hydrogen-bond acceptors (Lipinski definition) is 8. The minimum absolute atomic E-state index is 0.0700. The van der Waals surface area contributed by atoms with Crippen molar-refractivity contribution in [3.63, 3.8) is 0 Å². The third-order valence-electron chi connectivity index (χ3n) is 6.47. The Morgan fingerprint density at radius 3 is 2.05 bits per heavy atom. The fraction of sp³-hybridized carbons (Fsp3) is 0.259. The number of carbonyl (C=O) groups excluding carboxylic acids is 2. The molecule has 0 bridgehead atoms. The standard InChI is InChI=1S/C27H28N2O8S/c30-22-7-5-20(6-8-22)19-1-3-21(4-2-19)25(31)28-15-18-37-23-9-11-24(12-10-23)38(34,35)27(26(32)29-33)13-16-36-17-14-27/h1-12,30,33H,13-18H2,(H,28,31)(H,29,32). The topological polar surface area (TPSA) is 151 Å². The Bertz CT molecular complexity index is 1370. The highest BCUT2D eigenvalue weighted by atomic mass is 32.2. The second-order valence-electron chi connectivity index (χ2n) is 8.75. The van der Waals surface area contributed by atoms with Gasteiger partial charge in [0.1, 0.15) is 18.1 Å². The van der Waals surface area contributed by atoms with E-state index in [9.17, 15) is 23.1 Å². The van der Waals surface area contributed by atoms with Gasteiger partial charge in [-0.25, -0.2) is 13.9 Å². The quantitative estimate of drug-likeness (QED) is 0.184. The lowest BCUT2D eigenvalue weighted by Crippen LogP contribution is -2.54. The molecule has 38 heavy (non-hydrogen) atoms. The van der Waals surface area contributed by atoms with Crippen molar-refractivity contribution in [1.82, 2.24) is 10.8 Å². The zero-order valence-corrected chi connectivity index (χ0v) is 21.2. The van der Waals surface area contributed by atoms with Crippen LogP contribution >= 0.6 is 0 Å². The number of ether oxygens (including phenoxy) is 2. The molecule has 0 saturated carbocycles. The number of carbonyl (C=O) groups is 2. The van der Waals surface area contributed by atoms with Crippen molar-refractivity contribution in [1.29, 1.82) is 0 Å². The van der Waals surface area contributed by atoms with Crippen LogP contribution in [0.2, 0.25) is 0 Å². The molecule has 4 rings (SSSR count). The van der Waals surface area contributed by atoms with Gasteiger partial charge in [0, 0.05) is 18.8 Å². The second kappa shape index (κ2) is 11.6. The Morgan fingerprint density at radius 2 is 1.47 bits per heavy atom. The molecule has 1 aliphatic heterocycles. The Labute approximate surface area is 220 Å². The molecule has 0 radical (unpaired) electrons. The first-order chi connectivity index (χ1) is 18.3. The number of phenolic OH excluding ortho intramolecular Hbond substituents is 1. The summed E-state index contributed by atoms with van der Waals surface area (Å²) in [6.45, 7) is 0.542. The molecule has 3 aromatic rings. The van der Waals surface area contributed by atoms with Crippen molar-refractivity contribution in [2.24, 2.45) is 0 Å². The molecular formula is C27H28N2O8S. The van der Waals surface area contributed by atoms with Crippen LogP contribution in [0, 0.1) is 0 Å². The molecular weight excluding hydrogens is 512 g/mol. The van der Waals surface area contributed by atoms with Crippen LogP contribution in [0.3, 0.4) is 0 Å². The van der Waals surface area contributed by atoms with Gasteiger partial charge in [-0.2, -0.15) is 0 Å². The van der Waals surface area contributed by atoms with E-state index in [1.165, 1.54) is 29.7 Å². The smallest absolute Gasteiger partial charge is 0.265 e. The Balaban J connectivity index is 1.30. The summed E-state index contributed by atoms with van der Waals surface area (Å²) in [6.07, 6.45) is -0.140. The van der Waals surface area contributed by atoms with Gasteiger partial charge in [-0.3, -0.25) is 14.8 Å². The number of aromatic hydroxyl groups is 1. The minimum Gasteiger partial charge on any atom is -0.508 e. The summed E-state index contributed by atoms with van der Waals surface area (Å²) in [4.78, 5) is 24.7. The maximum atomic E-state index is 13.3. The van der Waals surface area contributed by atoms with Gasteiger partial charge in [0.05, 0.1) is 11.4 Å². The molecule has 1 aliphatic rings. The predicted molar refractivity (Wildman–Crippen MR) is 138 cm³/mol. The monoisotopic (exact) mass is 540 g/mol. The van der Waals surface area contributed by atoms with Crippen molar-refractivity contribution < 1.29 is 37.8 Å². The molecule has 1 heterocycles. The first-order valence-electron chi connectivity index (χ1n) is 11.9. The zero-order chi connectivity index (χ0) is 27.2. The Hall–Kier alpha value is -3.93. The van der Waals surface area contributed by atoms with Crippen LogP contribution in [-0.4, -0.2) is 61.7 Å². The molecule has 0 unspecified atom stereocenters. The van der Waals surface area contributed by atoms with Gasteiger partial charge in [0.15, 0.2) is 14.6 Å². The Morgan fingerprint density at radius 1 is 0.895 bits per heavy atom. The Kier molecular flexibility index (Phi) is 8.30. The summed E-state index contributed by atoms with van der Waals surface area (Å²) in [5.74, 6) is -0.671. The van der Waals surface area contributed by atoms with E-state index in [1.54, 1.807) is 36.4 Å².